The molecule has 0 aromatic heterocycles. The van der Waals surface area contributed by atoms with E-state index in [0.29, 0.717) is 17.1 Å². The molecule has 0 heterocycles. The molecule has 0 fully saturated rings. The summed E-state index contributed by atoms with van der Waals surface area (Å²) in [5.41, 5.74) is 1.09. The highest BCUT2D eigenvalue weighted by atomic mass is 32.1. The lowest BCUT2D eigenvalue weighted by Crippen LogP contribution is -2.20. The van der Waals surface area contributed by atoms with E-state index >= 15 is 0 Å². The van der Waals surface area contributed by atoms with Crippen LogP contribution in [0.5, 0.6) is 11.5 Å². The van der Waals surface area contributed by atoms with Gasteiger partial charge in [-0.15, -0.1) is 13.2 Å². The van der Waals surface area contributed by atoms with Gasteiger partial charge in [-0.1, -0.05) is 6.07 Å². The van der Waals surface area contributed by atoms with Crippen LogP contribution in [-0.2, 0) is 0 Å². The monoisotopic (exact) mass is 342 g/mol. The Hall–Kier alpha value is -2.48. The van der Waals surface area contributed by atoms with Crippen molar-refractivity contribution in [3.05, 3.63) is 48.5 Å². The number of halogens is 3. The summed E-state index contributed by atoms with van der Waals surface area (Å²) in [5.74, 6) is 0.376. The van der Waals surface area contributed by atoms with Crippen molar-refractivity contribution in [2.75, 3.05) is 17.7 Å². The number of methoxy groups -OCH3 is 1. The van der Waals surface area contributed by atoms with Crippen LogP contribution in [0.3, 0.4) is 0 Å². The molecule has 122 valence electrons. The molecule has 0 amide bonds. The molecular weight excluding hydrogens is 329 g/mol. The van der Waals surface area contributed by atoms with Crippen LogP contribution in [0.2, 0.25) is 0 Å². The Balaban J connectivity index is 1.98. The molecule has 0 aliphatic heterocycles. The minimum atomic E-state index is -4.74. The number of ether oxygens (including phenoxy) is 2. The SMILES string of the molecule is COc1ccc(NC(=S)Nc2cccc(OC(F)(F)F)c2)cc1. The number of anilines is 2. The van der Waals surface area contributed by atoms with Gasteiger partial charge in [0.15, 0.2) is 5.11 Å². The van der Waals surface area contributed by atoms with Gasteiger partial charge in [0.05, 0.1) is 7.11 Å². The summed E-state index contributed by atoms with van der Waals surface area (Å²) >= 11 is 5.12. The van der Waals surface area contributed by atoms with Gasteiger partial charge in [-0.3, -0.25) is 0 Å². The first-order valence-corrected chi connectivity index (χ1v) is 6.84. The maximum Gasteiger partial charge on any atom is 0.573 e. The van der Waals surface area contributed by atoms with Crippen molar-refractivity contribution in [1.82, 2.24) is 0 Å². The van der Waals surface area contributed by atoms with Gasteiger partial charge in [0.1, 0.15) is 11.5 Å². The van der Waals surface area contributed by atoms with Gasteiger partial charge in [-0.25, -0.2) is 0 Å². The summed E-state index contributed by atoms with van der Waals surface area (Å²) in [6, 6.07) is 12.4. The van der Waals surface area contributed by atoms with Crippen LogP contribution in [0.1, 0.15) is 0 Å². The lowest BCUT2D eigenvalue weighted by atomic mass is 10.3. The molecule has 0 aliphatic carbocycles. The molecule has 2 aromatic carbocycles. The molecule has 0 saturated carbocycles. The standard InChI is InChI=1S/C15H13F3N2O2S/c1-21-12-7-5-10(6-8-12)19-14(23)20-11-3-2-4-13(9-11)22-15(16,17)18/h2-9H,1H3,(H2,19,20,23). The Morgan fingerprint density at radius 3 is 2.22 bits per heavy atom. The minimum absolute atomic E-state index is 0.235. The second kappa shape index (κ2) is 7.19. The average molecular weight is 342 g/mol. The molecule has 0 atom stereocenters. The van der Waals surface area contributed by atoms with Crippen molar-refractivity contribution >= 4 is 28.7 Å². The van der Waals surface area contributed by atoms with Crippen LogP contribution in [0.15, 0.2) is 48.5 Å². The van der Waals surface area contributed by atoms with E-state index in [1.165, 1.54) is 18.2 Å². The van der Waals surface area contributed by atoms with E-state index < -0.39 is 6.36 Å². The third kappa shape index (κ3) is 5.67. The van der Waals surface area contributed by atoms with E-state index in [1.807, 2.05) is 0 Å². The summed E-state index contributed by atoms with van der Waals surface area (Å²) in [5, 5.41) is 5.93. The highest BCUT2D eigenvalue weighted by Crippen LogP contribution is 2.25. The van der Waals surface area contributed by atoms with Gasteiger partial charge >= 0.3 is 6.36 Å². The third-order valence-electron chi connectivity index (χ3n) is 2.67. The number of benzene rings is 2. The van der Waals surface area contributed by atoms with Gasteiger partial charge in [0.25, 0.3) is 0 Å². The molecule has 0 aliphatic rings. The van der Waals surface area contributed by atoms with E-state index in [2.05, 4.69) is 15.4 Å². The van der Waals surface area contributed by atoms with Crippen molar-refractivity contribution < 1.29 is 22.6 Å². The number of alkyl halides is 3. The fourth-order valence-electron chi connectivity index (χ4n) is 1.74. The van der Waals surface area contributed by atoms with Crippen molar-refractivity contribution in [1.29, 1.82) is 0 Å². The molecule has 8 heteroatoms. The van der Waals surface area contributed by atoms with Gasteiger partial charge in [0, 0.05) is 17.4 Å². The van der Waals surface area contributed by atoms with Crippen molar-refractivity contribution in [2.45, 2.75) is 6.36 Å². The molecule has 0 saturated heterocycles. The van der Waals surface area contributed by atoms with Crippen LogP contribution < -0.4 is 20.1 Å². The Kier molecular flexibility index (Phi) is 5.28. The zero-order valence-electron chi connectivity index (χ0n) is 12.0. The summed E-state index contributed by atoms with van der Waals surface area (Å²) in [4.78, 5) is 0. The maximum absolute atomic E-state index is 12.2. The highest BCUT2D eigenvalue weighted by molar-refractivity contribution is 7.80. The van der Waals surface area contributed by atoms with E-state index in [1.54, 1.807) is 37.4 Å². The smallest absolute Gasteiger partial charge is 0.497 e. The normalized spacial score (nSPS) is 10.8. The van der Waals surface area contributed by atoms with Gasteiger partial charge in [-0.2, -0.15) is 0 Å². The van der Waals surface area contributed by atoms with Crippen molar-refractivity contribution in [2.24, 2.45) is 0 Å². The quantitative estimate of drug-likeness (QED) is 0.806. The predicted octanol–water partition coefficient (Wildman–Crippen LogP) is 4.40. The van der Waals surface area contributed by atoms with Crippen LogP contribution >= 0.6 is 12.2 Å². The number of hydrogen-bond acceptors (Lipinski definition) is 3. The highest BCUT2D eigenvalue weighted by Gasteiger charge is 2.31. The van der Waals surface area contributed by atoms with Gasteiger partial charge in [-0.05, 0) is 48.6 Å². The zero-order valence-corrected chi connectivity index (χ0v) is 12.8. The summed E-state index contributed by atoms with van der Waals surface area (Å²) in [7, 11) is 1.56. The first kappa shape index (κ1) is 16.9. The molecule has 2 aromatic rings. The average Bonchev–Trinajstić information content (AvgIpc) is 2.46. The first-order chi connectivity index (χ1) is 10.9. The van der Waals surface area contributed by atoms with Crippen LogP contribution in [-0.4, -0.2) is 18.6 Å². The minimum Gasteiger partial charge on any atom is -0.497 e. The van der Waals surface area contributed by atoms with E-state index in [0.717, 1.165) is 0 Å². The number of rotatable bonds is 4. The fourth-order valence-corrected chi connectivity index (χ4v) is 1.97. The second-order valence-electron chi connectivity index (χ2n) is 4.38. The topological polar surface area (TPSA) is 42.5 Å². The third-order valence-corrected chi connectivity index (χ3v) is 2.88. The maximum atomic E-state index is 12.2. The molecular formula is C15H13F3N2O2S. The largest absolute Gasteiger partial charge is 0.573 e. The first-order valence-electron chi connectivity index (χ1n) is 6.43. The second-order valence-corrected chi connectivity index (χ2v) is 4.79. The van der Waals surface area contributed by atoms with Crippen molar-refractivity contribution in [3.8, 4) is 11.5 Å². The summed E-state index contributed by atoms with van der Waals surface area (Å²) < 4.78 is 45.5. The van der Waals surface area contributed by atoms with Gasteiger partial charge in [0.2, 0.25) is 0 Å². The van der Waals surface area contributed by atoms with Crippen LogP contribution in [0.25, 0.3) is 0 Å². The van der Waals surface area contributed by atoms with Gasteiger partial charge < -0.3 is 20.1 Å². The lowest BCUT2D eigenvalue weighted by Gasteiger charge is -2.13. The Morgan fingerprint density at radius 1 is 0.957 bits per heavy atom. The molecule has 0 spiro atoms. The van der Waals surface area contributed by atoms with E-state index in [9.17, 15) is 13.2 Å². The number of nitrogens with one attached hydrogen (secondary N) is 2. The Morgan fingerprint density at radius 2 is 1.61 bits per heavy atom. The molecule has 2 N–H and O–H groups in total. The predicted molar refractivity (Wildman–Crippen MR) is 86.0 cm³/mol. The van der Waals surface area contributed by atoms with E-state index in [4.69, 9.17) is 17.0 Å². The number of thiocarbonyl (C=S) groups is 1. The summed E-state index contributed by atoms with van der Waals surface area (Å²) in [6.45, 7) is 0. The molecule has 4 nitrogen and oxygen atoms in total. The Labute approximate surface area is 136 Å². The molecule has 2 rings (SSSR count). The zero-order chi connectivity index (χ0) is 16.9. The van der Waals surface area contributed by atoms with Crippen LogP contribution in [0.4, 0.5) is 24.5 Å². The summed E-state index contributed by atoms with van der Waals surface area (Å²) in [6.07, 6.45) is -4.74. The fraction of sp³-hybridized carbons (Fsp3) is 0.133. The van der Waals surface area contributed by atoms with Crippen molar-refractivity contribution in [3.63, 3.8) is 0 Å². The molecule has 23 heavy (non-hydrogen) atoms. The molecule has 0 radical (unpaired) electrons. The Bertz CT molecular complexity index is 675. The molecule has 0 bridgehead atoms. The molecule has 0 unspecified atom stereocenters. The lowest BCUT2D eigenvalue weighted by molar-refractivity contribution is -0.274. The van der Waals surface area contributed by atoms with E-state index in [-0.39, 0.29) is 10.9 Å². The number of hydrogen-bond donors (Lipinski definition) is 2. The van der Waals surface area contributed by atoms with Crippen LogP contribution in [0, 0.1) is 0 Å².